The summed E-state index contributed by atoms with van der Waals surface area (Å²) >= 11 is 0. The summed E-state index contributed by atoms with van der Waals surface area (Å²) in [6.07, 6.45) is 1.19. The minimum atomic E-state index is 0.107. The molecule has 0 spiro atoms. The van der Waals surface area contributed by atoms with Crippen LogP contribution in [0.2, 0.25) is 0 Å². The quantitative estimate of drug-likeness (QED) is 0.907. The zero-order valence-electron chi connectivity index (χ0n) is 13.2. The van der Waals surface area contributed by atoms with Crippen molar-refractivity contribution in [2.24, 2.45) is 0 Å². The Morgan fingerprint density at radius 3 is 2.55 bits per heavy atom. The lowest BCUT2D eigenvalue weighted by atomic mass is 10.1. The molecule has 0 unspecified atom stereocenters. The average molecular weight is 277 g/mol. The molecule has 2 heterocycles. The van der Waals surface area contributed by atoms with E-state index in [1.807, 2.05) is 0 Å². The molecule has 0 aliphatic carbocycles. The molecule has 1 N–H and O–H groups in total. The lowest BCUT2D eigenvalue weighted by Crippen LogP contribution is -2.35. The van der Waals surface area contributed by atoms with Crippen molar-refractivity contribution < 1.29 is 0 Å². The zero-order chi connectivity index (χ0) is 14.6. The largest absolute Gasteiger partial charge is 0.354 e. The normalized spacial score (nSPS) is 18.1. The molecule has 1 aromatic heterocycles. The van der Waals surface area contributed by atoms with Gasteiger partial charge in [0.1, 0.15) is 0 Å². The van der Waals surface area contributed by atoms with Gasteiger partial charge in [-0.2, -0.15) is 5.10 Å². The number of anilines is 1. The summed E-state index contributed by atoms with van der Waals surface area (Å²) < 4.78 is 0. The monoisotopic (exact) mass is 277 g/mol. The van der Waals surface area contributed by atoms with Crippen LogP contribution in [0.3, 0.4) is 0 Å². The standard InChI is InChI=1S/C15H27N5/c1-15(2,3)16-12-13-6-7-14(18-17-13)20-9-5-8-19(4)10-11-20/h6-7,16H,5,8-12H2,1-4H3. The first-order valence-electron chi connectivity index (χ1n) is 7.45. The van der Waals surface area contributed by atoms with Crippen LogP contribution in [0.25, 0.3) is 0 Å². The van der Waals surface area contributed by atoms with Gasteiger partial charge >= 0.3 is 0 Å². The number of nitrogens with zero attached hydrogens (tertiary/aromatic N) is 4. The van der Waals surface area contributed by atoms with E-state index < -0.39 is 0 Å². The molecule has 5 heteroatoms. The second-order valence-corrected chi connectivity index (χ2v) is 6.63. The summed E-state index contributed by atoms with van der Waals surface area (Å²) in [6.45, 7) is 11.6. The second-order valence-electron chi connectivity index (χ2n) is 6.63. The zero-order valence-corrected chi connectivity index (χ0v) is 13.2. The van der Waals surface area contributed by atoms with Crippen LogP contribution in [0.1, 0.15) is 32.9 Å². The molecule has 1 aliphatic heterocycles. The molecule has 0 amide bonds. The Labute approximate surface area is 122 Å². The van der Waals surface area contributed by atoms with Gasteiger partial charge in [-0.25, -0.2) is 0 Å². The van der Waals surface area contributed by atoms with Gasteiger partial charge in [-0.15, -0.1) is 5.10 Å². The van der Waals surface area contributed by atoms with Crippen LogP contribution in [0.15, 0.2) is 12.1 Å². The van der Waals surface area contributed by atoms with Gasteiger partial charge in [0.2, 0.25) is 0 Å². The van der Waals surface area contributed by atoms with Crippen LogP contribution >= 0.6 is 0 Å². The molecule has 0 aromatic carbocycles. The number of hydrogen-bond acceptors (Lipinski definition) is 5. The first-order chi connectivity index (χ1) is 9.44. The molecule has 1 aliphatic rings. The summed E-state index contributed by atoms with van der Waals surface area (Å²) in [6, 6.07) is 4.17. The summed E-state index contributed by atoms with van der Waals surface area (Å²) in [5, 5.41) is 12.2. The summed E-state index contributed by atoms with van der Waals surface area (Å²) in [5.74, 6) is 1.000. The van der Waals surface area contributed by atoms with E-state index in [1.54, 1.807) is 0 Å². The van der Waals surface area contributed by atoms with E-state index >= 15 is 0 Å². The van der Waals surface area contributed by atoms with Crippen LogP contribution in [-0.4, -0.2) is 53.9 Å². The van der Waals surface area contributed by atoms with Crippen molar-refractivity contribution in [3.05, 3.63) is 17.8 Å². The molecule has 5 nitrogen and oxygen atoms in total. The molecule has 0 bridgehead atoms. The van der Waals surface area contributed by atoms with E-state index in [2.05, 4.69) is 65.3 Å². The summed E-state index contributed by atoms with van der Waals surface area (Å²) in [4.78, 5) is 4.70. The minimum Gasteiger partial charge on any atom is -0.354 e. The molecule has 1 fully saturated rings. The van der Waals surface area contributed by atoms with Crippen molar-refractivity contribution in [1.29, 1.82) is 0 Å². The molecule has 1 saturated heterocycles. The Balaban J connectivity index is 1.93. The molecule has 20 heavy (non-hydrogen) atoms. The van der Waals surface area contributed by atoms with Gasteiger partial charge in [0.05, 0.1) is 5.69 Å². The lowest BCUT2D eigenvalue weighted by molar-refractivity contribution is 0.360. The van der Waals surface area contributed by atoms with Crippen LogP contribution in [-0.2, 0) is 6.54 Å². The maximum Gasteiger partial charge on any atom is 0.151 e. The highest BCUT2D eigenvalue weighted by molar-refractivity contribution is 5.37. The van der Waals surface area contributed by atoms with E-state index in [1.165, 1.54) is 6.42 Å². The fourth-order valence-electron chi connectivity index (χ4n) is 2.25. The van der Waals surface area contributed by atoms with Gasteiger partial charge in [0.15, 0.2) is 5.82 Å². The van der Waals surface area contributed by atoms with Crippen molar-refractivity contribution in [1.82, 2.24) is 20.4 Å². The number of hydrogen-bond donors (Lipinski definition) is 1. The molecule has 2 rings (SSSR count). The Hall–Kier alpha value is -1.20. The topological polar surface area (TPSA) is 44.3 Å². The van der Waals surface area contributed by atoms with Crippen molar-refractivity contribution in [2.75, 3.05) is 38.1 Å². The molecular weight excluding hydrogens is 250 g/mol. The highest BCUT2D eigenvalue weighted by Gasteiger charge is 2.14. The van der Waals surface area contributed by atoms with Crippen LogP contribution in [0.5, 0.6) is 0 Å². The number of nitrogens with one attached hydrogen (secondary N) is 1. The Morgan fingerprint density at radius 1 is 1.10 bits per heavy atom. The van der Waals surface area contributed by atoms with Crippen LogP contribution in [0.4, 0.5) is 5.82 Å². The fourth-order valence-corrected chi connectivity index (χ4v) is 2.25. The number of aromatic nitrogens is 2. The Kier molecular flexibility index (Phi) is 4.94. The Morgan fingerprint density at radius 2 is 1.90 bits per heavy atom. The van der Waals surface area contributed by atoms with Crippen LogP contribution in [0, 0.1) is 0 Å². The van der Waals surface area contributed by atoms with E-state index in [9.17, 15) is 0 Å². The maximum absolute atomic E-state index is 4.39. The van der Waals surface area contributed by atoms with Crippen molar-refractivity contribution in [3.63, 3.8) is 0 Å². The first-order valence-corrected chi connectivity index (χ1v) is 7.45. The van der Waals surface area contributed by atoms with Gasteiger partial charge in [0.25, 0.3) is 0 Å². The number of rotatable bonds is 3. The molecule has 112 valence electrons. The fraction of sp³-hybridized carbons (Fsp3) is 0.733. The third-order valence-electron chi connectivity index (χ3n) is 3.55. The van der Waals surface area contributed by atoms with Gasteiger partial charge < -0.3 is 15.1 Å². The molecule has 0 saturated carbocycles. The third kappa shape index (κ3) is 4.72. The maximum atomic E-state index is 4.39. The van der Waals surface area contributed by atoms with Gasteiger partial charge in [-0.1, -0.05) is 0 Å². The number of likely N-dealkylation sites (N-methyl/N-ethyl adjacent to an activating group) is 1. The van der Waals surface area contributed by atoms with E-state index in [-0.39, 0.29) is 5.54 Å². The molecule has 0 atom stereocenters. The van der Waals surface area contributed by atoms with Crippen LogP contribution < -0.4 is 10.2 Å². The molecular formula is C15H27N5. The highest BCUT2D eigenvalue weighted by Crippen LogP contribution is 2.13. The molecule has 0 radical (unpaired) electrons. The SMILES string of the molecule is CN1CCCN(c2ccc(CNC(C)(C)C)nn2)CC1. The van der Waals surface area contributed by atoms with Crippen molar-refractivity contribution in [3.8, 4) is 0 Å². The summed E-state index contributed by atoms with van der Waals surface area (Å²) in [5.41, 5.74) is 1.10. The van der Waals surface area contributed by atoms with E-state index in [4.69, 9.17) is 0 Å². The lowest BCUT2D eigenvalue weighted by Gasteiger charge is -2.22. The predicted molar refractivity (Wildman–Crippen MR) is 83.0 cm³/mol. The average Bonchev–Trinajstić information content (AvgIpc) is 2.61. The first kappa shape index (κ1) is 15.2. The molecule has 1 aromatic rings. The van der Waals surface area contributed by atoms with Gasteiger partial charge in [-0.3, -0.25) is 0 Å². The smallest absolute Gasteiger partial charge is 0.151 e. The predicted octanol–water partition coefficient (Wildman–Crippen LogP) is 1.51. The van der Waals surface area contributed by atoms with Gasteiger partial charge in [0, 0.05) is 31.7 Å². The van der Waals surface area contributed by atoms with Crippen molar-refractivity contribution in [2.45, 2.75) is 39.3 Å². The van der Waals surface area contributed by atoms with E-state index in [0.29, 0.717) is 0 Å². The third-order valence-corrected chi connectivity index (χ3v) is 3.55. The Bertz CT molecular complexity index is 409. The minimum absolute atomic E-state index is 0.107. The highest BCUT2D eigenvalue weighted by atomic mass is 15.3. The van der Waals surface area contributed by atoms with E-state index in [0.717, 1.165) is 44.2 Å². The van der Waals surface area contributed by atoms with Gasteiger partial charge in [-0.05, 0) is 52.9 Å². The summed E-state index contributed by atoms with van der Waals surface area (Å²) in [7, 11) is 2.18. The second kappa shape index (κ2) is 6.50. The van der Waals surface area contributed by atoms with Crippen molar-refractivity contribution >= 4 is 5.82 Å².